The number of nitrogens with zero attached hydrogens (tertiary/aromatic N) is 1. The van der Waals surface area contributed by atoms with Crippen molar-refractivity contribution in [2.45, 2.75) is 64.9 Å². The van der Waals surface area contributed by atoms with E-state index in [-0.39, 0.29) is 12.4 Å². The fourth-order valence-electron chi connectivity index (χ4n) is 9.15. The zero-order valence-corrected chi connectivity index (χ0v) is 39.8. The van der Waals surface area contributed by atoms with Crippen molar-refractivity contribution in [1.29, 1.82) is 0 Å². The number of aromatic nitrogens is 1. The van der Waals surface area contributed by atoms with Gasteiger partial charge in [-0.25, -0.2) is 0 Å². The fourth-order valence-corrected chi connectivity index (χ4v) is 9.63. The van der Waals surface area contributed by atoms with Crippen LogP contribution in [-0.2, 0) is 58.0 Å². The van der Waals surface area contributed by atoms with Crippen LogP contribution in [0.2, 0.25) is 10.0 Å². The molecule has 0 saturated carbocycles. The van der Waals surface area contributed by atoms with E-state index in [1.165, 1.54) is 66.8 Å². The van der Waals surface area contributed by atoms with Crippen molar-refractivity contribution in [1.82, 2.24) is 4.98 Å². The lowest BCUT2D eigenvalue weighted by Crippen LogP contribution is -2.00. The van der Waals surface area contributed by atoms with Gasteiger partial charge in [0.25, 0.3) is 0 Å². The van der Waals surface area contributed by atoms with E-state index in [1.54, 1.807) is 25.1 Å². The molecule has 1 heterocycles. The van der Waals surface area contributed by atoms with Crippen LogP contribution in [0, 0.1) is 0 Å². The molecule has 1 aromatic heterocycles. The summed E-state index contributed by atoms with van der Waals surface area (Å²) in [5, 5.41) is 12.1. The Kier molecular flexibility index (Phi) is 14.6. The third kappa shape index (κ3) is 11.1. The predicted molar refractivity (Wildman–Crippen MR) is 284 cm³/mol. The number of carbonyl (C=O) groups is 1. The van der Waals surface area contributed by atoms with E-state index in [0.29, 0.717) is 16.3 Å². The van der Waals surface area contributed by atoms with Gasteiger partial charge in [0.05, 0.1) is 12.3 Å². The molecular formula is C62H54Cl2N2O2. The predicted octanol–water partition coefficient (Wildman–Crippen LogP) is 15.0. The number of aliphatic hydroxyl groups excluding tert-OH is 1. The zero-order chi connectivity index (χ0) is 47.0. The molecule has 6 heteroatoms. The summed E-state index contributed by atoms with van der Waals surface area (Å²) in [6, 6.07) is 62.2. The minimum atomic E-state index is -0.106. The molecule has 4 nitrogen and oxygen atoms in total. The fraction of sp³-hybridized carbons (Fsp3) is 0.161. The monoisotopic (exact) mass is 928 g/mol. The van der Waals surface area contributed by atoms with Crippen molar-refractivity contribution in [2.75, 3.05) is 5.73 Å². The maximum Gasteiger partial charge on any atom is 0.159 e. The molecule has 0 fully saturated rings. The number of anilines is 1. The van der Waals surface area contributed by atoms with E-state index in [0.717, 1.165) is 84.0 Å². The Morgan fingerprint density at radius 2 is 0.956 bits per heavy atom. The number of nitrogens with two attached hydrogens (primary N) is 1. The third-order valence-electron chi connectivity index (χ3n) is 13.3. The van der Waals surface area contributed by atoms with Crippen molar-refractivity contribution in [3.05, 3.63) is 248 Å². The zero-order valence-electron chi connectivity index (χ0n) is 38.3. The number of halogens is 2. The number of hydrogen-bond acceptors (Lipinski definition) is 4. The van der Waals surface area contributed by atoms with Gasteiger partial charge in [-0.3, -0.25) is 9.78 Å². The lowest BCUT2D eigenvalue weighted by atomic mass is 9.90. The van der Waals surface area contributed by atoms with E-state index in [9.17, 15) is 4.79 Å². The smallest absolute Gasteiger partial charge is 0.159 e. The number of aliphatic hydroxyl groups is 1. The molecular weight excluding hydrogens is 876 g/mol. The van der Waals surface area contributed by atoms with Crippen molar-refractivity contribution in [3.8, 4) is 33.5 Å². The third-order valence-corrected chi connectivity index (χ3v) is 14.0. The highest BCUT2D eigenvalue weighted by Gasteiger charge is 2.13. The normalized spacial score (nSPS) is 12.7. The van der Waals surface area contributed by atoms with Gasteiger partial charge >= 0.3 is 0 Å². The van der Waals surface area contributed by atoms with E-state index >= 15 is 0 Å². The quantitative estimate of drug-likeness (QED) is 0.133. The minimum absolute atomic E-state index is 0.106. The lowest BCUT2D eigenvalue weighted by molar-refractivity contribution is 0.101. The summed E-state index contributed by atoms with van der Waals surface area (Å²) >= 11 is 12.1. The van der Waals surface area contributed by atoms with Crippen molar-refractivity contribution in [2.24, 2.45) is 0 Å². The maximum atomic E-state index is 11.5. The summed E-state index contributed by atoms with van der Waals surface area (Å²) in [5.41, 5.74) is 25.8. The van der Waals surface area contributed by atoms with Gasteiger partial charge in [-0.2, -0.15) is 0 Å². The molecule has 17 rings (SSSR count). The number of Topliss-reactive ketones (excluding diaryl/α,β-unsaturated/α-hetero) is 1. The summed E-state index contributed by atoms with van der Waals surface area (Å²) in [5.74, 6) is 0.116. The number of aryl methyl sites for hydroxylation is 8. The first kappa shape index (κ1) is 46.3. The number of rotatable bonds is 5. The summed E-state index contributed by atoms with van der Waals surface area (Å²) in [4.78, 5) is 16.2. The average Bonchev–Trinajstić information content (AvgIpc) is 3.36. The van der Waals surface area contributed by atoms with Gasteiger partial charge in [-0.15, -0.1) is 0 Å². The molecule has 3 N–H and O–H groups in total. The van der Waals surface area contributed by atoms with Crippen molar-refractivity contribution in [3.63, 3.8) is 0 Å². The van der Waals surface area contributed by atoms with Gasteiger partial charge in [0, 0.05) is 49.4 Å². The molecule has 0 spiro atoms. The Hall–Kier alpha value is -6.82. The molecule has 8 aromatic carbocycles. The second-order valence-corrected chi connectivity index (χ2v) is 18.6. The van der Waals surface area contributed by atoms with Crippen LogP contribution >= 0.6 is 23.2 Å². The molecule has 8 bridgehead atoms. The summed E-state index contributed by atoms with van der Waals surface area (Å²) < 4.78 is 0. The van der Waals surface area contributed by atoms with Crippen molar-refractivity contribution < 1.29 is 9.90 Å². The highest BCUT2D eigenvalue weighted by Crippen LogP contribution is 2.33. The second-order valence-electron chi connectivity index (χ2n) is 17.8. The Morgan fingerprint density at radius 1 is 0.515 bits per heavy atom. The van der Waals surface area contributed by atoms with Gasteiger partial charge in [0.1, 0.15) is 0 Å². The SMILES string of the molecule is CC(=O)c1ccc(-c2cc3ccc2CCc2ccc(cc2)CC3)cc1.Clc1cccc2cnc(-c3ccc(-c4cc5ccc4CCc4ccc(cc4)CC5)cc3)cc12.Nc1cccc(Cl)c1CO. The number of nitrogen functional groups attached to an aromatic ring is 1. The van der Waals surface area contributed by atoms with Gasteiger partial charge < -0.3 is 10.8 Å². The molecule has 68 heavy (non-hydrogen) atoms. The van der Waals surface area contributed by atoms with Crippen LogP contribution in [0.3, 0.4) is 0 Å². The molecule has 0 saturated heterocycles. The number of ketones is 1. The largest absolute Gasteiger partial charge is 0.398 e. The Balaban J connectivity index is 0.000000145. The number of hydrogen-bond donors (Lipinski definition) is 2. The topological polar surface area (TPSA) is 76.2 Å². The first-order valence-corrected chi connectivity index (χ1v) is 24.2. The standard InChI is InChI=1S/C31H24ClN.C24H22O.C7H8ClNO/c32-30-3-1-2-27-20-33-31(19-29(27)30)26-16-14-25(15-17-26)28-18-23-9-8-21-4-6-22(7-5-21)10-12-24(28)13-11-23;1-17(25)21-12-14-23(15-13-21)24-16-20-7-6-18-2-4-19(5-3-18)8-10-22(24)11-9-20;8-6-2-1-3-7(9)5(6)4-10/h1-7,11,13-20H,8-10,12H2;2-5,9,11-16H,6-8,10H2,1H3;1-3,10H,4,9H2. The van der Waals surface area contributed by atoms with Gasteiger partial charge in [0.2, 0.25) is 0 Å². The second kappa shape index (κ2) is 21.4. The van der Waals surface area contributed by atoms with Crippen LogP contribution in [0.5, 0.6) is 0 Å². The lowest BCUT2D eigenvalue weighted by Gasteiger charge is -2.15. The molecule has 338 valence electrons. The van der Waals surface area contributed by atoms with E-state index in [4.69, 9.17) is 34.0 Å². The maximum absolute atomic E-state index is 11.5. The summed E-state index contributed by atoms with van der Waals surface area (Å²) in [6.07, 6.45) is 10.4. The van der Waals surface area contributed by atoms with Gasteiger partial charge in [-0.1, -0.05) is 175 Å². The van der Waals surface area contributed by atoms with Crippen LogP contribution in [-0.4, -0.2) is 15.9 Å². The number of benzene rings is 8. The van der Waals surface area contributed by atoms with Crippen LogP contribution in [0.15, 0.2) is 182 Å². The Labute approximate surface area is 410 Å². The Morgan fingerprint density at radius 3 is 1.44 bits per heavy atom. The highest BCUT2D eigenvalue weighted by molar-refractivity contribution is 6.35. The van der Waals surface area contributed by atoms with Crippen LogP contribution in [0.4, 0.5) is 5.69 Å². The molecule has 0 radical (unpaired) electrons. The molecule has 0 atom stereocenters. The van der Waals surface area contributed by atoms with E-state index in [2.05, 4.69) is 132 Å². The van der Waals surface area contributed by atoms with Crippen LogP contribution < -0.4 is 5.73 Å². The van der Waals surface area contributed by atoms with E-state index < -0.39 is 0 Å². The first-order valence-electron chi connectivity index (χ1n) is 23.5. The summed E-state index contributed by atoms with van der Waals surface area (Å²) in [6.45, 7) is 1.51. The van der Waals surface area contributed by atoms with Crippen LogP contribution in [0.25, 0.3) is 44.3 Å². The highest BCUT2D eigenvalue weighted by atomic mass is 35.5. The van der Waals surface area contributed by atoms with Crippen LogP contribution in [0.1, 0.15) is 67.4 Å². The number of fused-ring (bicyclic) bond motifs is 1. The molecule has 8 aliphatic rings. The molecule has 0 amide bonds. The van der Waals surface area contributed by atoms with E-state index in [1.807, 2.05) is 36.5 Å². The molecule has 8 aliphatic carbocycles. The van der Waals surface area contributed by atoms with Gasteiger partial charge in [-0.05, 0) is 149 Å². The van der Waals surface area contributed by atoms with Crippen molar-refractivity contribution >= 4 is 45.4 Å². The molecule has 9 aromatic rings. The number of pyridine rings is 1. The Bertz CT molecular complexity index is 3180. The minimum Gasteiger partial charge on any atom is -0.398 e. The van der Waals surface area contributed by atoms with Gasteiger partial charge in [0.15, 0.2) is 5.78 Å². The average molecular weight is 930 g/mol. The molecule has 0 unspecified atom stereocenters. The summed E-state index contributed by atoms with van der Waals surface area (Å²) in [7, 11) is 0. The first-order chi connectivity index (χ1) is 33.2. The number of carbonyl (C=O) groups excluding carboxylic acids is 1. The molecule has 0 aliphatic heterocycles.